The average Bonchev–Trinajstić information content (AvgIpc) is 3.14. The van der Waals surface area contributed by atoms with Crippen molar-refractivity contribution in [2.24, 2.45) is 0 Å². The molecule has 3 rings (SSSR count). The van der Waals surface area contributed by atoms with Gasteiger partial charge in [-0.3, -0.25) is 4.79 Å². The molecule has 1 aliphatic rings. The molecule has 1 unspecified atom stereocenters. The van der Waals surface area contributed by atoms with Gasteiger partial charge < -0.3 is 10.6 Å². The van der Waals surface area contributed by atoms with Crippen LogP contribution in [0.15, 0.2) is 34.9 Å². The molecule has 7 heteroatoms. The summed E-state index contributed by atoms with van der Waals surface area (Å²) in [5, 5.41) is 10.7. The second kappa shape index (κ2) is 7.95. The Morgan fingerprint density at radius 2 is 2.35 bits per heavy atom. The SMILES string of the molecule is Cc1c(C(=O)NCC2CCCN2)cnn1-c1cccc(Br)c1.Cl. The van der Waals surface area contributed by atoms with E-state index in [1.807, 2.05) is 31.2 Å². The lowest BCUT2D eigenvalue weighted by atomic mass is 10.2. The first kappa shape index (κ1) is 18.0. The predicted octanol–water partition coefficient (Wildman–Crippen LogP) is 2.85. The van der Waals surface area contributed by atoms with Crippen LogP contribution in [0.1, 0.15) is 28.9 Å². The fourth-order valence-electron chi connectivity index (χ4n) is 2.74. The van der Waals surface area contributed by atoms with Crippen LogP contribution in [0.3, 0.4) is 0 Å². The molecule has 1 amide bonds. The van der Waals surface area contributed by atoms with E-state index in [0.29, 0.717) is 18.2 Å². The van der Waals surface area contributed by atoms with Gasteiger partial charge in [0.05, 0.1) is 23.1 Å². The Labute approximate surface area is 150 Å². The molecule has 1 saturated heterocycles. The number of aromatic nitrogens is 2. The average molecular weight is 400 g/mol. The summed E-state index contributed by atoms with van der Waals surface area (Å²) in [6.45, 7) is 3.62. The third-order valence-corrected chi connectivity index (χ3v) is 4.47. The summed E-state index contributed by atoms with van der Waals surface area (Å²) in [7, 11) is 0. The molecule has 2 heterocycles. The largest absolute Gasteiger partial charge is 0.350 e. The van der Waals surface area contributed by atoms with Gasteiger partial charge in [-0.05, 0) is 44.5 Å². The quantitative estimate of drug-likeness (QED) is 0.831. The van der Waals surface area contributed by atoms with Gasteiger partial charge in [0.25, 0.3) is 5.91 Å². The van der Waals surface area contributed by atoms with E-state index in [1.165, 1.54) is 6.42 Å². The minimum atomic E-state index is -0.0625. The van der Waals surface area contributed by atoms with Crippen molar-refractivity contribution in [1.82, 2.24) is 20.4 Å². The standard InChI is InChI=1S/C16H19BrN4O.ClH/c1-11-15(16(22)19-9-13-5-3-7-18-13)10-20-21(11)14-6-2-4-12(17)8-14;/h2,4,6,8,10,13,18H,3,5,7,9H2,1H3,(H,19,22);1H. The van der Waals surface area contributed by atoms with Crippen LogP contribution >= 0.6 is 28.3 Å². The predicted molar refractivity (Wildman–Crippen MR) is 96.6 cm³/mol. The summed E-state index contributed by atoms with van der Waals surface area (Å²) in [4.78, 5) is 12.3. The molecule has 124 valence electrons. The first-order valence-corrected chi connectivity index (χ1v) is 8.26. The summed E-state index contributed by atoms with van der Waals surface area (Å²) in [5.41, 5.74) is 2.40. The van der Waals surface area contributed by atoms with Gasteiger partial charge in [-0.25, -0.2) is 4.68 Å². The van der Waals surface area contributed by atoms with Gasteiger partial charge in [-0.1, -0.05) is 22.0 Å². The minimum Gasteiger partial charge on any atom is -0.350 e. The summed E-state index contributed by atoms with van der Waals surface area (Å²) < 4.78 is 2.77. The zero-order chi connectivity index (χ0) is 15.5. The van der Waals surface area contributed by atoms with Crippen LogP contribution in [-0.4, -0.2) is 34.8 Å². The zero-order valence-corrected chi connectivity index (χ0v) is 15.3. The number of nitrogens with zero attached hydrogens (tertiary/aromatic N) is 2. The maximum absolute atomic E-state index is 12.3. The topological polar surface area (TPSA) is 59.0 Å². The van der Waals surface area contributed by atoms with Gasteiger partial charge in [-0.15, -0.1) is 12.4 Å². The molecular formula is C16H20BrClN4O. The molecule has 1 aromatic carbocycles. The number of benzene rings is 1. The van der Waals surface area contributed by atoms with E-state index in [1.54, 1.807) is 10.9 Å². The lowest BCUT2D eigenvalue weighted by Gasteiger charge is -2.11. The molecule has 1 aromatic heterocycles. The molecule has 0 spiro atoms. The summed E-state index contributed by atoms with van der Waals surface area (Å²) >= 11 is 3.45. The third kappa shape index (κ3) is 4.13. The van der Waals surface area contributed by atoms with Crippen molar-refractivity contribution < 1.29 is 4.79 Å². The van der Waals surface area contributed by atoms with Crippen LogP contribution in [-0.2, 0) is 0 Å². The van der Waals surface area contributed by atoms with E-state index in [4.69, 9.17) is 0 Å². The fourth-order valence-corrected chi connectivity index (χ4v) is 3.13. The first-order valence-electron chi connectivity index (χ1n) is 7.47. The zero-order valence-electron chi connectivity index (χ0n) is 12.9. The van der Waals surface area contributed by atoms with Crippen molar-refractivity contribution in [2.45, 2.75) is 25.8 Å². The second-order valence-electron chi connectivity index (χ2n) is 5.54. The molecule has 0 bridgehead atoms. The molecule has 23 heavy (non-hydrogen) atoms. The number of carbonyl (C=O) groups excluding carboxylic acids is 1. The van der Waals surface area contributed by atoms with Crippen LogP contribution in [0.4, 0.5) is 0 Å². The fraction of sp³-hybridized carbons (Fsp3) is 0.375. The Bertz CT molecular complexity index is 682. The Balaban J connectivity index is 0.00000192. The Kier molecular flexibility index (Phi) is 6.21. The number of rotatable bonds is 4. The summed E-state index contributed by atoms with van der Waals surface area (Å²) in [6.07, 6.45) is 3.94. The number of halogens is 2. The number of hydrogen-bond donors (Lipinski definition) is 2. The van der Waals surface area contributed by atoms with Gasteiger partial charge >= 0.3 is 0 Å². The summed E-state index contributed by atoms with van der Waals surface area (Å²) in [5.74, 6) is -0.0625. The van der Waals surface area contributed by atoms with Crippen molar-refractivity contribution in [3.8, 4) is 5.69 Å². The molecule has 1 atom stereocenters. The summed E-state index contributed by atoms with van der Waals surface area (Å²) in [6, 6.07) is 8.25. The molecule has 0 aliphatic carbocycles. The monoisotopic (exact) mass is 398 g/mol. The Morgan fingerprint density at radius 3 is 3.04 bits per heavy atom. The van der Waals surface area contributed by atoms with Crippen molar-refractivity contribution in [3.63, 3.8) is 0 Å². The lowest BCUT2D eigenvalue weighted by molar-refractivity contribution is 0.0949. The molecule has 2 N–H and O–H groups in total. The van der Waals surface area contributed by atoms with Crippen molar-refractivity contribution in [2.75, 3.05) is 13.1 Å². The lowest BCUT2D eigenvalue weighted by Crippen LogP contribution is -2.37. The van der Waals surface area contributed by atoms with Crippen LogP contribution in [0, 0.1) is 6.92 Å². The first-order chi connectivity index (χ1) is 10.6. The highest BCUT2D eigenvalue weighted by atomic mass is 79.9. The maximum atomic E-state index is 12.3. The molecular weight excluding hydrogens is 380 g/mol. The van der Waals surface area contributed by atoms with Crippen molar-refractivity contribution in [1.29, 1.82) is 0 Å². The van der Waals surface area contributed by atoms with E-state index in [-0.39, 0.29) is 18.3 Å². The van der Waals surface area contributed by atoms with Gasteiger partial charge in [-0.2, -0.15) is 5.10 Å². The van der Waals surface area contributed by atoms with Crippen LogP contribution in [0.25, 0.3) is 5.69 Å². The molecule has 0 saturated carbocycles. The molecule has 1 fully saturated rings. The normalized spacial score (nSPS) is 16.9. The molecule has 2 aromatic rings. The van der Waals surface area contributed by atoms with Crippen molar-refractivity contribution in [3.05, 3.63) is 46.2 Å². The Morgan fingerprint density at radius 1 is 1.52 bits per heavy atom. The van der Waals surface area contributed by atoms with Crippen molar-refractivity contribution >= 4 is 34.2 Å². The highest BCUT2D eigenvalue weighted by Gasteiger charge is 2.18. The van der Waals surface area contributed by atoms with Gasteiger partial charge in [0.1, 0.15) is 0 Å². The van der Waals surface area contributed by atoms with Crippen LogP contribution in [0.5, 0.6) is 0 Å². The van der Waals surface area contributed by atoms with Crippen LogP contribution in [0.2, 0.25) is 0 Å². The number of amides is 1. The molecule has 5 nitrogen and oxygen atoms in total. The Hall–Kier alpha value is -1.37. The van der Waals surface area contributed by atoms with E-state index in [0.717, 1.165) is 28.8 Å². The third-order valence-electron chi connectivity index (χ3n) is 3.98. The minimum absolute atomic E-state index is 0. The number of carbonyl (C=O) groups is 1. The molecule has 1 aliphatic heterocycles. The van der Waals surface area contributed by atoms with Gasteiger partial charge in [0.2, 0.25) is 0 Å². The van der Waals surface area contributed by atoms with E-state index < -0.39 is 0 Å². The number of hydrogen-bond acceptors (Lipinski definition) is 3. The van der Waals surface area contributed by atoms with Gasteiger partial charge in [0, 0.05) is 17.1 Å². The van der Waals surface area contributed by atoms with Crippen LogP contribution < -0.4 is 10.6 Å². The smallest absolute Gasteiger partial charge is 0.254 e. The highest BCUT2D eigenvalue weighted by Crippen LogP contribution is 2.18. The second-order valence-corrected chi connectivity index (χ2v) is 6.45. The van der Waals surface area contributed by atoms with E-state index in [9.17, 15) is 4.79 Å². The van der Waals surface area contributed by atoms with Gasteiger partial charge in [0.15, 0.2) is 0 Å². The van der Waals surface area contributed by atoms with E-state index >= 15 is 0 Å². The van der Waals surface area contributed by atoms with E-state index in [2.05, 4.69) is 31.7 Å². The highest BCUT2D eigenvalue weighted by molar-refractivity contribution is 9.10. The molecule has 0 radical (unpaired) electrons. The maximum Gasteiger partial charge on any atom is 0.254 e. The number of nitrogens with one attached hydrogen (secondary N) is 2.